The zero-order valence-electron chi connectivity index (χ0n) is 11.4. The van der Waals surface area contributed by atoms with Crippen molar-refractivity contribution in [3.8, 4) is 0 Å². The Morgan fingerprint density at radius 1 is 1.30 bits per heavy atom. The molecule has 0 saturated heterocycles. The lowest BCUT2D eigenvalue weighted by atomic mass is 10.3. The lowest BCUT2D eigenvalue weighted by Gasteiger charge is -2.07. The molecule has 0 aliphatic heterocycles. The van der Waals surface area contributed by atoms with Crippen molar-refractivity contribution in [1.82, 2.24) is 4.98 Å². The molecule has 10 heteroatoms. The Bertz CT molecular complexity index is 777. The molecule has 2 N–H and O–H groups in total. The van der Waals surface area contributed by atoms with E-state index in [1.54, 1.807) is 5.32 Å². The Morgan fingerprint density at radius 3 is 2.52 bits per heavy atom. The van der Waals surface area contributed by atoms with Crippen LogP contribution in [0.3, 0.4) is 0 Å². The second kappa shape index (κ2) is 5.76. The normalized spacial score (nSPS) is 13.4. The highest BCUT2D eigenvalue weighted by atomic mass is 32.1. The van der Waals surface area contributed by atoms with Crippen molar-refractivity contribution in [3.05, 3.63) is 29.0 Å². The zero-order chi connectivity index (χ0) is 17.4. The third-order valence-corrected chi connectivity index (χ3v) is 3.60. The van der Waals surface area contributed by atoms with Gasteiger partial charge in [-0.2, -0.15) is 22.0 Å². The van der Waals surface area contributed by atoms with Crippen LogP contribution in [-0.2, 0) is 4.79 Å². The van der Waals surface area contributed by atoms with Gasteiger partial charge in [0.05, 0.1) is 10.2 Å². The maximum absolute atomic E-state index is 12.9. The molecule has 2 rings (SSSR count). The fourth-order valence-electron chi connectivity index (χ4n) is 1.53. The molecule has 0 aliphatic rings. The first-order valence-corrected chi connectivity index (χ1v) is 6.86. The number of nitrogens with one attached hydrogen (secondary N) is 1. The van der Waals surface area contributed by atoms with E-state index in [9.17, 15) is 31.9 Å². The number of aromatic nitrogens is 1. The molecule has 0 atom stereocenters. The van der Waals surface area contributed by atoms with Crippen LogP contribution in [0.25, 0.3) is 16.3 Å². The molecule has 4 nitrogen and oxygen atoms in total. The number of rotatable bonds is 3. The van der Waals surface area contributed by atoms with Gasteiger partial charge >= 0.3 is 18.0 Å². The number of alkyl halides is 5. The SMILES string of the molecule is CC(F)(F)/C(O)=C/c1nc2ccc(NC(=O)C(F)(F)F)cc2s1. The predicted molar refractivity (Wildman–Crippen MR) is 75.5 cm³/mol. The molecular weight excluding hydrogens is 343 g/mol. The average Bonchev–Trinajstić information content (AvgIpc) is 2.77. The topological polar surface area (TPSA) is 62.2 Å². The van der Waals surface area contributed by atoms with Crippen LogP contribution in [0.4, 0.5) is 27.6 Å². The van der Waals surface area contributed by atoms with Crippen LogP contribution in [0.15, 0.2) is 24.0 Å². The number of fused-ring (bicyclic) bond motifs is 1. The van der Waals surface area contributed by atoms with Gasteiger partial charge in [-0.1, -0.05) is 0 Å². The number of hydrogen-bond acceptors (Lipinski definition) is 4. The zero-order valence-corrected chi connectivity index (χ0v) is 12.2. The molecule has 0 unspecified atom stereocenters. The van der Waals surface area contributed by atoms with Gasteiger partial charge in [0.1, 0.15) is 5.01 Å². The fraction of sp³-hybridized carbons (Fsp3) is 0.231. The van der Waals surface area contributed by atoms with E-state index in [1.807, 2.05) is 0 Å². The van der Waals surface area contributed by atoms with Crippen molar-refractivity contribution in [2.45, 2.75) is 19.0 Å². The average molecular weight is 352 g/mol. The van der Waals surface area contributed by atoms with Crippen LogP contribution in [-0.4, -0.2) is 28.1 Å². The second-order valence-corrected chi connectivity index (χ2v) is 5.67. The van der Waals surface area contributed by atoms with Crippen molar-refractivity contribution >= 4 is 39.2 Å². The van der Waals surface area contributed by atoms with Crippen molar-refractivity contribution in [2.75, 3.05) is 5.32 Å². The number of nitrogens with zero attached hydrogens (tertiary/aromatic N) is 1. The standard InChI is InChI=1S/C13H9F5N2O2S/c1-12(14,15)9(21)5-10-20-7-3-2-6(4-8(7)23-10)19-11(22)13(16,17)18/h2-5,21H,1H3,(H,19,22)/b9-5-. The van der Waals surface area contributed by atoms with E-state index >= 15 is 0 Å². The monoisotopic (exact) mass is 352 g/mol. The summed E-state index contributed by atoms with van der Waals surface area (Å²) in [5, 5.41) is 11.0. The van der Waals surface area contributed by atoms with Gasteiger partial charge < -0.3 is 10.4 Å². The number of allylic oxidation sites excluding steroid dienone is 1. The van der Waals surface area contributed by atoms with E-state index in [4.69, 9.17) is 0 Å². The maximum Gasteiger partial charge on any atom is 0.471 e. The van der Waals surface area contributed by atoms with Gasteiger partial charge in [0.25, 0.3) is 0 Å². The van der Waals surface area contributed by atoms with E-state index in [2.05, 4.69) is 4.98 Å². The number of aliphatic hydroxyl groups excluding tert-OH is 1. The molecule has 0 saturated carbocycles. The lowest BCUT2D eigenvalue weighted by Crippen LogP contribution is -2.29. The third-order valence-electron chi connectivity index (χ3n) is 2.63. The number of hydrogen-bond donors (Lipinski definition) is 2. The van der Waals surface area contributed by atoms with Crippen LogP contribution in [0, 0.1) is 0 Å². The Labute approximate surface area is 130 Å². The molecule has 0 aliphatic carbocycles. The Morgan fingerprint density at radius 2 is 1.96 bits per heavy atom. The van der Waals surface area contributed by atoms with Gasteiger partial charge in [0.2, 0.25) is 0 Å². The summed E-state index contributed by atoms with van der Waals surface area (Å²) in [6.07, 6.45) is -4.24. The van der Waals surface area contributed by atoms with Gasteiger partial charge in [-0.05, 0) is 18.2 Å². The Kier molecular flexibility index (Phi) is 4.29. The third kappa shape index (κ3) is 4.15. The number of benzene rings is 1. The second-order valence-electron chi connectivity index (χ2n) is 4.60. The highest BCUT2D eigenvalue weighted by molar-refractivity contribution is 7.19. The molecule has 0 fully saturated rings. The van der Waals surface area contributed by atoms with Crippen molar-refractivity contribution in [1.29, 1.82) is 0 Å². The van der Waals surface area contributed by atoms with Gasteiger partial charge in [-0.3, -0.25) is 4.79 Å². The van der Waals surface area contributed by atoms with Gasteiger partial charge in [-0.25, -0.2) is 4.98 Å². The van der Waals surface area contributed by atoms with E-state index in [1.165, 1.54) is 18.2 Å². The first-order chi connectivity index (χ1) is 10.5. The highest BCUT2D eigenvalue weighted by Crippen LogP contribution is 2.29. The first kappa shape index (κ1) is 17.1. The number of thiazole rings is 1. The minimum Gasteiger partial charge on any atom is -0.506 e. The van der Waals surface area contributed by atoms with Crippen LogP contribution in [0.2, 0.25) is 0 Å². The largest absolute Gasteiger partial charge is 0.506 e. The molecule has 1 aromatic carbocycles. The van der Waals surface area contributed by atoms with Crippen LogP contribution >= 0.6 is 11.3 Å². The molecular formula is C13H9F5N2O2S. The smallest absolute Gasteiger partial charge is 0.471 e. The molecule has 0 bridgehead atoms. The number of carbonyl (C=O) groups is 1. The summed E-state index contributed by atoms with van der Waals surface area (Å²) in [6, 6.07) is 3.76. The Hall–Kier alpha value is -2.23. The van der Waals surface area contributed by atoms with Crippen molar-refractivity contribution in [2.24, 2.45) is 0 Å². The number of anilines is 1. The molecule has 1 heterocycles. The lowest BCUT2D eigenvalue weighted by molar-refractivity contribution is -0.167. The fourth-order valence-corrected chi connectivity index (χ4v) is 2.47. The number of carbonyl (C=O) groups excluding carboxylic acids is 1. The number of amides is 1. The molecule has 2 aromatic rings. The summed E-state index contributed by atoms with van der Waals surface area (Å²) in [6.45, 7) is 0.511. The summed E-state index contributed by atoms with van der Waals surface area (Å²) < 4.78 is 62.7. The van der Waals surface area contributed by atoms with E-state index < -0.39 is 23.8 Å². The highest BCUT2D eigenvalue weighted by Gasteiger charge is 2.38. The minimum absolute atomic E-state index is 0.0540. The van der Waals surface area contributed by atoms with Crippen LogP contribution in [0.5, 0.6) is 0 Å². The molecule has 0 spiro atoms. The quantitative estimate of drug-likeness (QED) is 0.638. The van der Waals surface area contributed by atoms with E-state index in [0.717, 1.165) is 17.4 Å². The molecule has 124 valence electrons. The van der Waals surface area contributed by atoms with Crippen LogP contribution in [0.1, 0.15) is 11.9 Å². The van der Waals surface area contributed by atoms with Gasteiger partial charge in [-0.15, -0.1) is 11.3 Å². The summed E-state index contributed by atoms with van der Waals surface area (Å²) in [7, 11) is 0. The van der Waals surface area contributed by atoms with Crippen molar-refractivity contribution in [3.63, 3.8) is 0 Å². The number of aliphatic hydroxyl groups is 1. The summed E-state index contributed by atoms with van der Waals surface area (Å²) in [5.74, 6) is -6.73. The molecule has 1 aromatic heterocycles. The maximum atomic E-state index is 12.9. The van der Waals surface area contributed by atoms with Crippen LogP contribution < -0.4 is 5.32 Å². The van der Waals surface area contributed by atoms with Gasteiger partial charge in [0, 0.05) is 18.7 Å². The molecule has 0 radical (unpaired) electrons. The summed E-state index contributed by atoms with van der Waals surface area (Å²) >= 11 is 0.877. The number of halogens is 5. The summed E-state index contributed by atoms with van der Waals surface area (Å²) in [4.78, 5) is 14.8. The molecule has 23 heavy (non-hydrogen) atoms. The van der Waals surface area contributed by atoms with Gasteiger partial charge in [0.15, 0.2) is 5.76 Å². The minimum atomic E-state index is -5.02. The predicted octanol–water partition coefficient (Wildman–Crippen LogP) is 4.35. The summed E-state index contributed by atoms with van der Waals surface area (Å²) in [5.41, 5.74) is 0.225. The Balaban J connectivity index is 2.30. The van der Waals surface area contributed by atoms with E-state index in [-0.39, 0.29) is 10.7 Å². The van der Waals surface area contributed by atoms with Crippen molar-refractivity contribution < 1.29 is 31.9 Å². The molecule has 1 amide bonds. The first-order valence-electron chi connectivity index (χ1n) is 6.04. The van der Waals surface area contributed by atoms with E-state index in [0.29, 0.717) is 17.1 Å².